The second-order valence-corrected chi connectivity index (χ2v) is 5.43. The highest BCUT2D eigenvalue weighted by molar-refractivity contribution is 6.31. The van der Waals surface area contributed by atoms with Crippen molar-refractivity contribution in [2.24, 2.45) is 0 Å². The van der Waals surface area contributed by atoms with E-state index in [4.69, 9.17) is 11.6 Å². The van der Waals surface area contributed by atoms with Gasteiger partial charge in [0, 0.05) is 31.4 Å². The Morgan fingerprint density at radius 1 is 1.33 bits per heavy atom. The molecule has 0 unspecified atom stereocenters. The topological polar surface area (TPSA) is 28.2 Å². The van der Waals surface area contributed by atoms with Crippen LogP contribution in [0.2, 0.25) is 5.02 Å². The number of hydrogen-bond donors (Lipinski definition) is 1. The second-order valence-electron chi connectivity index (χ2n) is 5.05. The quantitative estimate of drug-likeness (QED) is 0.856. The third kappa shape index (κ3) is 2.65. The SMILES string of the molecule is Cc1cnc2c(c1)N(Cc1c(F)ccc(F)c1Cl)CCN2. The number of nitrogens with one attached hydrogen (secondary N) is 1. The fourth-order valence-electron chi connectivity index (χ4n) is 2.43. The number of benzene rings is 1. The molecule has 1 aliphatic heterocycles. The van der Waals surface area contributed by atoms with E-state index in [0.717, 1.165) is 29.2 Å². The predicted molar refractivity (Wildman–Crippen MR) is 79.9 cm³/mol. The van der Waals surface area contributed by atoms with E-state index in [1.807, 2.05) is 17.9 Å². The molecule has 110 valence electrons. The molecule has 0 bridgehead atoms. The normalized spacial score (nSPS) is 13.8. The number of aromatic nitrogens is 1. The van der Waals surface area contributed by atoms with Gasteiger partial charge in [0.2, 0.25) is 0 Å². The number of hydrogen-bond acceptors (Lipinski definition) is 3. The van der Waals surface area contributed by atoms with Gasteiger partial charge in [-0.05, 0) is 30.7 Å². The zero-order valence-electron chi connectivity index (χ0n) is 11.5. The maximum atomic E-state index is 13.9. The molecular formula is C15H14ClF2N3. The minimum atomic E-state index is -0.606. The van der Waals surface area contributed by atoms with Crippen LogP contribution >= 0.6 is 11.6 Å². The predicted octanol–water partition coefficient (Wildman–Crippen LogP) is 3.75. The van der Waals surface area contributed by atoms with Gasteiger partial charge in [-0.1, -0.05) is 11.6 Å². The van der Waals surface area contributed by atoms with Crippen molar-refractivity contribution in [3.63, 3.8) is 0 Å². The molecule has 3 rings (SSSR count). The minimum Gasteiger partial charge on any atom is -0.367 e. The summed E-state index contributed by atoms with van der Waals surface area (Å²) in [4.78, 5) is 6.27. The lowest BCUT2D eigenvalue weighted by Gasteiger charge is -2.32. The molecule has 0 spiro atoms. The summed E-state index contributed by atoms with van der Waals surface area (Å²) in [5.74, 6) is -0.354. The Morgan fingerprint density at radius 3 is 2.90 bits per heavy atom. The highest BCUT2D eigenvalue weighted by atomic mass is 35.5. The number of halogens is 3. The Morgan fingerprint density at radius 2 is 2.10 bits per heavy atom. The standard InChI is InChI=1S/C15H14ClF2N3/c1-9-6-13-15(20-7-9)19-4-5-21(13)8-10-11(17)2-3-12(18)14(10)16/h2-3,6-7H,4-5,8H2,1H3,(H,19,20). The molecule has 0 saturated carbocycles. The molecule has 0 saturated heterocycles. The van der Waals surface area contributed by atoms with Crippen LogP contribution in [0, 0.1) is 18.6 Å². The van der Waals surface area contributed by atoms with E-state index in [9.17, 15) is 8.78 Å². The summed E-state index contributed by atoms with van der Waals surface area (Å²) in [6.07, 6.45) is 1.77. The monoisotopic (exact) mass is 309 g/mol. The fraction of sp³-hybridized carbons (Fsp3) is 0.267. The van der Waals surface area contributed by atoms with Crippen molar-refractivity contribution in [1.82, 2.24) is 4.98 Å². The van der Waals surface area contributed by atoms with E-state index < -0.39 is 11.6 Å². The van der Waals surface area contributed by atoms with Gasteiger partial charge in [0.05, 0.1) is 10.7 Å². The third-order valence-electron chi connectivity index (χ3n) is 3.51. The van der Waals surface area contributed by atoms with Gasteiger partial charge in [0.1, 0.15) is 17.5 Å². The number of nitrogens with zero attached hydrogens (tertiary/aromatic N) is 2. The van der Waals surface area contributed by atoms with Crippen molar-refractivity contribution in [2.45, 2.75) is 13.5 Å². The summed E-state index contributed by atoms with van der Waals surface area (Å²) >= 11 is 5.90. The molecule has 1 aromatic carbocycles. The maximum Gasteiger partial charge on any atom is 0.149 e. The zero-order chi connectivity index (χ0) is 15.0. The first-order valence-corrected chi connectivity index (χ1v) is 7.02. The molecule has 0 radical (unpaired) electrons. The van der Waals surface area contributed by atoms with Gasteiger partial charge in [-0.15, -0.1) is 0 Å². The van der Waals surface area contributed by atoms with Crippen molar-refractivity contribution in [2.75, 3.05) is 23.3 Å². The van der Waals surface area contributed by atoms with Gasteiger partial charge < -0.3 is 10.2 Å². The summed E-state index contributed by atoms with van der Waals surface area (Å²) < 4.78 is 27.5. The average molecular weight is 310 g/mol. The highest BCUT2D eigenvalue weighted by Crippen LogP contribution is 2.31. The number of aryl methyl sites for hydroxylation is 1. The molecule has 0 amide bonds. The fourth-order valence-corrected chi connectivity index (χ4v) is 2.64. The molecular weight excluding hydrogens is 296 g/mol. The molecule has 21 heavy (non-hydrogen) atoms. The number of fused-ring (bicyclic) bond motifs is 1. The van der Waals surface area contributed by atoms with Crippen LogP contribution in [-0.4, -0.2) is 18.1 Å². The van der Waals surface area contributed by atoms with Gasteiger partial charge in [0.15, 0.2) is 0 Å². The summed E-state index contributed by atoms with van der Waals surface area (Å²) in [6, 6.07) is 4.12. The van der Waals surface area contributed by atoms with E-state index in [1.165, 1.54) is 0 Å². The van der Waals surface area contributed by atoms with E-state index >= 15 is 0 Å². The number of rotatable bonds is 2. The molecule has 2 aromatic rings. The third-order valence-corrected chi connectivity index (χ3v) is 3.92. The Kier molecular flexibility index (Phi) is 3.68. The van der Waals surface area contributed by atoms with Crippen LogP contribution < -0.4 is 10.2 Å². The lowest BCUT2D eigenvalue weighted by molar-refractivity contribution is 0.581. The summed E-state index contributed by atoms with van der Waals surface area (Å²) in [6.45, 7) is 3.51. The molecule has 2 heterocycles. The second kappa shape index (κ2) is 5.48. The molecule has 1 N–H and O–H groups in total. The van der Waals surface area contributed by atoms with Crippen molar-refractivity contribution in [3.8, 4) is 0 Å². The highest BCUT2D eigenvalue weighted by Gasteiger charge is 2.21. The van der Waals surface area contributed by atoms with Crippen molar-refractivity contribution in [1.29, 1.82) is 0 Å². The zero-order valence-corrected chi connectivity index (χ0v) is 12.2. The van der Waals surface area contributed by atoms with Crippen LogP contribution in [-0.2, 0) is 6.54 Å². The van der Waals surface area contributed by atoms with Crippen LogP contribution in [0.15, 0.2) is 24.4 Å². The molecule has 1 aromatic heterocycles. The van der Waals surface area contributed by atoms with E-state index in [0.29, 0.717) is 13.1 Å². The average Bonchev–Trinajstić information content (AvgIpc) is 2.48. The van der Waals surface area contributed by atoms with E-state index in [-0.39, 0.29) is 17.1 Å². The molecule has 6 heteroatoms. The van der Waals surface area contributed by atoms with Gasteiger partial charge in [-0.25, -0.2) is 13.8 Å². The van der Waals surface area contributed by atoms with Crippen molar-refractivity contribution in [3.05, 3.63) is 52.2 Å². The van der Waals surface area contributed by atoms with E-state index in [2.05, 4.69) is 10.3 Å². The number of pyridine rings is 1. The molecule has 3 nitrogen and oxygen atoms in total. The van der Waals surface area contributed by atoms with Crippen LogP contribution in [0.4, 0.5) is 20.3 Å². The Bertz CT molecular complexity index is 691. The van der Waals surface area contributed by atoms with Gasteiger partial charge in [0.25, 0.3) is 0 Å². The van der Waals surface area contributed by atoms with Crippen LogP contribution in [0.3, 0.4) is 0 Å². The largest absolute Gasteiger partial charge is 0.367 e. The van der Waals surface area contributed by atoms with Crippen LogP contribution in [0.25, 0.3) is 0 Å². The molecule has 0 atom stereocenters. The summed E-state index contributed by atoms with van der Waals surface area (Å²) in [7, 11) is 0. The Hall–Kier alpha value is -1.88. The van der Waals surface area contributed by atoms with Crippen LogP contribution in [0.5, 0.6) is 0 Å². The Balaban J connectivity index is 1.98. The van der Waals surface area contributed by atoms with Gasteiger partial charge >= 0.3 is 0 Å². The molecule has 0 aliphatic carbocycles. The van der Waals surface area contributed by atoms with Gasteiger partial charge in [-0.2, -0.15) is 0 Å². The molecule has 1 aliphatic rings. The van der Waals surface area contributed by atoms with Gasteiger partial charge in [-0.3, -0.25) is 0 Å². The summed E-state index contributed by atoms with van der Waals surface area (Å²) in [5, 5.41) is 3.04. The smallest absolute Gasteiger partial charge is 0.149 e. The Labute approximate surface area is 126 Å². The minimum absolute atomic E-state index is 0.157. The first-order chi connectivity index (χ1) is 10.1. The first kappa shape index (κ1) is 14.1. The number of anilines is 2. The summed E-state index contributed by atoms with van der Waals surface area (Å²) in [5.41, 5.74) is 2.06. The molecule has 0 fully saturated rings. The lowest BCUT2D eigenvalue weighted by atomic mass is 10.1. The first-order valence-electron chi connectivity index (χ1n) is 6.64. The van der Waals surface area contributed by atoms with E-state index in [1.54, 1.807) is 6.20 Å². The lowest BCUT2D eigenvalue weighted by Crippen LogP contribution is -2.34. The maximum absolute atomic E-state index is 13.9. The van der Waals surface area contributed by atoms with Crippen molar-refractivity contribution >= 4 is 23.1 Å². The van der Waals surface area contributed by atoms with Crippen LogP contribution in [0.1, 0.15) is 11.1 Å². The van der Waals surface area contributed by atoms with Crippen molar-refractivity contribution < 1.29 is 8.78 Å².